The lowest BCUT2D eigenvalue weighted by atomic mass is 10.1. The number of tetrazole rings is 1. The Morgan fingerprint density at radius 1 is 0.843 bits per heavy atom. The third-order valence-electron chi connectivity index (χ3n) is 5.99. The van der Waals surface area contributed by atoms with Crippen molar-refractivity contribution in [1.82, 2.24) is 40.0 Å². The number of anilines is 1. The second-order valence-corrected chi connectivity index (χ2v) is 10.3. The Kier molecular flexibility index (Phi) is 12.8. The summed E-state index contributed by atoms with van der Waals surface area (Å²) in [5, 5.41) is 33.5. The quantitative estimate of drug-likeness (QED) is 0.291. The average molecular weight is 682 g/mol. The summed E-state index contributed by atoms with van der Waals surface area (Å²) < 4.78 is 3.17. The number of carboxylic acid groups (broad SMARTS) is 1. The van der Waals surface area contributed by atoms with Crippen molar-refractivity contribution in [3.05, 3.63) is 41.3 Å². The maximum atomic E-state index is 13.5. The summed E-state index contributed by atoms with van der Waals surface area (Å²) in [6, 6.07) is 5.15. The number of H-pyrrole nitrogens is 1. The molecule has 0 fully saturated rings. The Balaban J connectivity index is 1.51. The number of hydrogen-bond donors (Lipinski definition) is 2. The first kappa shape index (κ1) is 35.7. The van der Waals surface area contributed by atoms with Crippen molar-refractivity contribution in [2.24, 2.45) is 7.05 Å². The summed E-state index contributed by atoms with van der Waals surface area (Å²) in [7, 11) is 1.72. The molecule has 1 amide bonds. The van der Waals surface area contributed by atoms with Gasteiger partial charge < -0.3 is 5.11 Å². The molecular formula is C38H19N9O3S. The number of fused-ring (bicyclic) bond motifs is 1. The van der Waals surface area contributed by atoms with E-state index in [0.717, 1.165) is 10.6 Å². The Morgan fingerprint density at radius 2 is 1.41 bits per heavy atom. The monoisotopic (exact) mass is 681 g/mol. The van der Waals surface area contributed by atoms with Crippen molar-refractivity contribution < 1.29 is 14.7 Å². The van der Waals surface area contributed by atoms with E-state index in [2.05, 4.69) is 149 Å². The molecule has 0 bridgehead atoms. The number of rotatable bonds is 6. The summed E-state index contributed by atoms with van der Waals surface area (Å²) in [5.74, 6) is 48.7. The number of benzene rings is 1. The Morgan fingerprint density at radius 3 is 1.94 bits per heavy atom. The summed E-state index contributed by atoms with van der Waals surface area (Å²) in [6.07, 6.45) is 0. The largest absolute Gasteiger partial charge is 0.478 e. The van der Waals surface area contributed by atoms with Gasteiger partial charge in [-0.2, -0.15) is 0 Å². The van der Waals surface area contributed by atoms with E-state index < -0.39 is 17.9 Å². The van der Waals surface area contributed by atoms with Crippen LogP contribution in [-0.4, -0.2) is 57.0 Å². The van der Waals surface area contributed by atoms with E-state index in [1.54, 1.807) is 31.5 Å². The number of nitrogens with zero attached hydrogens (tertiary/aromatic N) is 8. The predicted molar refractivity (Wildman–Crippen MR) is 188 cm³/mol. The number of aromatic carboxylic acids is 1. The van der Waals surface area contributed by atoms with Crippen LogP contribution in [0.2, 0.25) is 0 Å². The highest BCUT2D eigenvalue weighted by molar-refractivity contribution is 7.99. The fraction of sp³-hybridized carbons (Fsp3) is 0.132. The van der Waals surface area contributed by atoms with Crippen molar-refractivity contribution in [3.63, 3.8) is 0 Å². The minimum atomic E-state index is -1.16. The summed E-state index contributed by atoms with van der Waals surface area (Å²) >= 11 is 1.30. The van der Waals surface area contributed by atoms with Gasteiger partial charge in [0, 0.05) is 36.2 Å². The van der Waals surface area contributed by atoms with E-state index in [1.807, 2.05) is 6.92 Å². The highest BCUT2D eigenvalue weighted by Gasteiger charge is 2.29. The van der Waals surface area contributed by atoms with Gasteiger partial charge in [0.1, 0.15) is 0 Å². The molecule has 3 aromatic heterocycles. The molecule has 0 spiro atoms. The number of nitrogens with one attached hydrogen (secondary N) is 1. The molecule has 0 saturated heterocycles. The SMILES string of the molecule is CC#CC#CC#CC#CC#CC#CC#CC#CC#CC#CC(=O)N(c1cccc(C(=O)O)c1)C(C)c1nnc2c(Sc3nnnn3C)c(C)[nH]n12. The molecule has 4 rings (SSSR count). The van der Waals surface area contributed by atoms with E-state index in [1.165, 1.54) is 39.5 Å². The minimum absolute atomic E-state index is 0.0180. The maximum Gasteiger partial charge on any atom is 0.335 e. The van der Waals surface area contributed by atoms with E-state index >= 15 is 0 Å². The second kappa shape index (κ2) is 18.3. The standard InChI is InChI=1S/C38H19N9O3S/c1-5-6-7-8-9-10-11-12-13-14-15-16-17-18-19-20-21-22-23-27-33(48)46(32-26-24-25-31(28-32)37(49)50)30(3)35-39-40-36-34(29(2)42-47(35)36)51-38-41-43-44-45(38)4/h24-26,28,30,42H,1-4H3,(H,49,50). The van der Waals surface area contributed by atoms with Gasteiger partial charge in [-0.1, -0.05) is 12.0 Å². The van der Waals surface area contributed by atoms with E-state index in [4.69, 9.17) is 0 Å². The molecule has 2 N–H and O–H groups in total. The van der Waals surface area contributed by atoms with Crippen LogP contribution in [0.25, 0.3) is 5.65 Å². The van der Waals surface area contributed by atoms with Gasteiger partial charge in [0.05, 0.1) is 16.5 Å². The van der Waals surface area contributed by atoms with Crippen LogP contribution in [0.1, 0.15) is 41.8 Å². The molecule has 1 aromatic carbocycles. The molecule has 13 heteroatoms. The molecule has 240 valence electrons. The summed E-state index contributed by atoms with van der Waals surface area (Å²) in [4.78, 5) is 27.3. The third-order valence-corrected chi connectivity index (χ3v) is 7.22. The molecule has 0 aliphatic carbocycles. The number of amides is 1. The minimum Gasteiger partial charge on any atom is -0.478 e. The molecule has 51 heavy (non-hydrogen) atoms. The summed E-state index contributed by atoms with van der Waals surface area (Å²) in [6.45, 7) is 5.25. The predicted octanol–water partition coefficient (Wildman–Crippen LogP) is 1.89. The molecule has 0 aliphatic heterocycles. The Labute approximate surface area is 297 Å². The summed E-state index contributed by atoms with van der Waals surface area (Å²) in [5.41, 5.74) is 1.51. The fourth-order valence-electron chi connectivity index (χ4n) is 3.86. The van der Waals surface area contributed by atoms with Crippen molar-refractivity contribution in [2.45, 2.75) is 36.9 Å². The first-order valence-electron chi connectivity index (χ1n) is 14.2. The first-order valence-corrected chi connectivity index (χ1v) is 15.1. The van der Waals surface area contributed by atoms with Crippen molar-refractivity contribution >= 4 is 35.0 Å². The first-order chi connectivity index (χ1) is 24.8. The van der Waals surface area contributed by atoms with Gasteiger partial charge in [0.25, 0.3) is 0 Å². The van der Waals surface area contributed by atoms with Crippen molar-refractivity contribution in [3.8, 4) is 118 Å². The molecule has 0 radical (unpaired) electrons. The van der Waals surface area contributed by atoms with E-state index in [9.17, 15) is 14.7 Å². The molecule has 0 saturated carbocycles. The van der Waals surface area contributed by atoms with Crippen LogP contribution in [0, 0.1) is 125 Å². The highest BCUT2D eigenvalue weighted by atomic mass is 32.2. The topological polar surface area (TPSA) is 147 Å². The molecule has 12 nitrogen and oxygen atoms in total. The lowest BCUT2D eigenvalue weighted by Gasteiger charge is -2.26. The van der Waals surface area contributed by atoms with Crippen LogP contribution < -0.4 is 4.90 Å². The molecule has 4 aromatic rings. The van der Waals surface area contributed by atoms with Gasteiger partial charge in [-0.15, -0.1) is 15.3 Å². The Hall–Kier alpha value is -8.14. The van der Waals surface area contributed by atoms with E-state index in [-0.39, 0.29) is 11.3 Å². The molecular weight excluding hydrogens is 663 g/mol. The van der Waals surface area contributed by atoms with Crippen LogP contribution in [0.4, 0.5) is 5.69 Å². The number of carbonyl (C=O) groups is 2. The zero-order valence-corrected chi connectivity index (χ0v) is 28.0. The van der Waals surface area contributed by atoms with Crippen molar-refractivity contribution in [1.29, 1.82) is 0 Å². The van der Waals surface area contributed by atoms with Gasteiger partial charge in [-0.25, -0.2) is 14.0 Å². The number of aromatic nitrogens is 8. The average Bonchev–Trinajstić information content (AvgIpc) is 3.81. The third kappa shape index (κ3) is 9.92. The highest BCUT2D eigenvalue weighted by Crippen LogP contribution is 2.33. The normalized spacial score (nSPS) is 9.02. The molecule has 3 heterocycles. The zero-order chi connectivity index (χ0) is 36.4. The van der Waals surface area contributed by atoms with Gasteiger partial charge in [-0.3, -0.25) is 14.8 Å². The molecule has 1 atom stereocenters. The number of carboxylic acids is 1. The van der Waals surface area contributed by atoms with Gasteiger partial charge >= 0.3 is 11.9 Å². The van der Waals surface area contributed by atoms with Gasteiger partial charge in [0.15, 0.2) is 11.5 Å². The fourth-order valence-corrected chi connectivity index (χ4v) is 4.71. The maximum absolute atomic E-state index is 13.5. The van der Waals surface area contributed by atoms with Crippen LogP contribution in [0.15, 0.2) is 34.3 Å². The molecule has 0 aliphatic rings. The number of aromatic amines is 1. The van der Waals surface area contributed by atoms with Gasteiger partial charge in [-0.05, 0) is 156 Å². The van der Waals surface area contributed by atoms with Crippen LogP contribution in [0.3, 0.4) is 0 Å². The van der Waals surface area contributed by atoms with Crippen LogP contribution in [-0.2, 0) is 11.8 Å². The van der Waals surface area contributed by atoms with E-state index in [0.29, 0.717) is 16.6 Å². The molecule has 1 unspecified atom stereocenters. The second-order valence-electron chi connectivity index (χ2n) is 9.30. The number of carbonyl (C=O) groups excluding carboxylic acids is 1. The number of aryl methyl sites for hydroxylation is 2. The Bertz CT molecular complexity index is 2710. The lowest BCUT2D eigenvalue weighted by Crippen LogP contribution is -2.34. The number of hydrogen-bond acceptors (Lipinski definition) is 8. The van der Waals surface area contributed by atoms with Gasteiger partial charge in [0.2, 0.25) is 5.16 Å². The van der Waals surface area contributed by atoms with Crippen LogP contribution in [0.5, 0.6) is 0 Å². The van der Waals surface area contributed by atoms with Crippen molar-refractivity contribution in [2.75, 3.05) is 4.90 Å². The van der Waals surface area contributed by atoms with Crippen LogP contribution >= 0.6 is 11.8 Å². The smallest absolute Gasteiger partial charge is 0.335 e. The zero-order valence-electron chi connectivity index (χ0n) is 27.1. The lowest BCUT2D eigenvalue weighted by molar-refractivity contribution is -0.113.